The molecule has 1 aliphatic heterocycles. The van der Waals surface area contributed by atoms with Gasteiger partial charge in [0.1, 0.15) is 23.4 Å². The molecule has 1 aliphatic rings. The van der Waals surface area contributed by atoms with Crippen molar-refractivity contribution in [1.82, 2.24) is 15.1 Å². The number of rotatable bonds is 7. The van der Waals surface area contributed by atoms with Gasteiger partial charge in [0.05, 0.1) is 5.69 Å². The Kier molecular flexibility index (Phi) is 6.66. The Labute approximate surface area is 172 Å². The van der Waals surface area contributed by atoms with Crippen molar-refractivity contribution in [2.24, 2.45) is 0 Å². The molecule has 1 fully saturated rings. The Hall–Kier alpha value is -3.01. The van der Waals surface area contributed by atoms with E-state index in [0.717, 1.165) is 11.6 Å². The number of phenols is 1. The highest BCUT2D eigenvalue weighted by atomic mass is 19.3. The molecule has 0 saturated carbocycles. The molecule has 2 heterocycles. The highest BCUT2D eigenvalue weighted by Gasteiger charge is 2.32. The van der Waals surface area contributed by atoms with E-state index in [0.29, 0.717) is 43.0 Å². The second-order valence-corrected chi connectivity index (χ2v) is 7.18. The molecule has 0 radical (unpaired) electrons. The maximum Gasteiger partial charge on any atom is 0.387 e. The van der Waals surface area contributed by atoms with Gasteiger partial charge in [-0.2, -0.15) is 8.78 Å². The first-order valence-electron chi connectivity index (χ1n) is 9.64. The van der Waals surface area contributed by atoms with Gasteiger partial charge < -0.3 is 20.3 Å². The summed E-state index contributed by atoms with van der Waals surface area (Å²) >= 11 is 0. The van der Waals surface area contributed by atoms with E-state index in [1.54, 1.807) is 13.0 Å². The number of aryl methyl sites for hydroxylation is 1. The molecule has 30 heavy (non-hydrogen) atoms. The van der Waals surface area contributed by atoms with Crippen LogP contribution in [0.15, 0.2) is 24.3 Å². The van der Waals surface area contributed by atoms with Gasteiger partial charge in [-0.25, -0.2) is 0 Å². The van der Waals surface area contributed by atoms with Crippen LogP contribution in [0.4, 0.5) is 14.6 Å². The zero-order valence-electron chi connectivity index (χ0n) is 16.7. The SMILES string of the molecule is CCN1C[C@H](Nc2cc(C)c(-c3ccc(OC(F)F)cc3O)nn2)CC[C@@H]1C(=O)O. The van der Waals surface area contributed by atoms with E-state index in [2.05, 4.69) is 20.3 Å². The maximum absolute atomic E-state index is 12.3. The number of nitrogens with zero attached hydrogens (tertiary/aromatic N) is 3. The van der Waals surface area contributed by atoms with Crippen LogP contribution in [0.1, 0.15) is 25.3 Å². The number of piperidine rings is 1. The number of hydrogen-bond donors (Lipinski definition) is 3. The van der Waals surface area contributed by atoms with Gasteiger partial charge in [0.2, 0.25) is 0 Å². The number of aromatic hydroxyl groups is 1. The minimum absolute atomic E-state index is 0.0410. The fraction of sp³-hybridized carbons (Fsp3) is 0.450. The summed E-state index contributed by atoms with van der Waals surface area (Å²) in [6, 6.07) is 5.24. The number of hydrogen-bond acceptors (Lipinski definition) is 7. The van der Waals surface area contributed by atoms with Gasteiger partial charge in [0.25, 0.3) is 0 Å². The van der Waals surface area contributed by atoms with Crippen LogP contribution in [0.3, 0.4) is 0 Å². The molecule has 8 nitrogen and oxygen atoms in total. The predicted octanol–water partition coefficient (Wildman–Crippen LogP) is 3.11. The largest absolute Gasteiger partial charge is 0.507 e. The van der Waals surface area contributed by atoms with Crippen LogP contribution >= 0.6 is 0 Å². The second-order valence-electron chi connectivity index (χ2n) is 7.18. The number of carboxylic acid groups (broad SMARTS) is 1. The average molecular weight is 422 g/mol. The summed E-state index contributed by atoms with van der Waals surface area (Å²) in [7, 11) is 0. The van der Waals surface area contributed by atoms with Gasteiger partial charge in [-0.05, 0) is 50.1 Å². The molecule has 3 rings (SSSR count). The van der Waals surface area contributed by atoms with Gasteiger partial charge in [-0.1, -0.05) is 6.92 Å². The number of carbonyl (C=O) groups is 1. The van der Waals surface area contributed by atoms with Crippen molar-refractivity contribution < 1.29 is 28.5 Å². The first kappa shape index (κ1) is 21.7. The van der Waals surface area contributed by atoms with E-state index in [1.165, 1.54) is 12.1 Å². The van der Waals surface area contributed by atoms with Crippen LogP contribution in [0.5, 0.6) is 11.5 Å². The summed E-state index contributed by atoms with van der Waals surface area (Å²) in [5, 5.41) is 31.1. The summed E-state index contributed by atoms with van der Waals surface area (Å²) < 4.78 is 28.9. The van der Waals surface area contributed by atoms with Crippen LogP contribution < -0.4 is 10.1 Å². The van der Waals surface area contributed by atoms with Crippen molar-refractivity contribution in [2.75, 3.05) is 18.4 Å². The van der Waals surface area contributed by atoms with Gasteiger partial charge in [0.15, 0.2) is 0 Å². The molecule has 1 aromatic carbocycles. The van der Waals surface area contributed by atoms with Crippen LogP contribution in [0.2, 0.25) is 0 Å². The summed E-state index contributed by atoms with van der Waals surface area (Å²) in [5.74, 6) is -0.646. The lowest BCUT2D eigenvalue weighted by molar-refractivity contribution is -0.144. The number of benzene rings is 1. The van der Waals surface area contributed by atoms with Crippen molar-refractivity contribution >= 4 is 11.8 Å². The van der Waals surface area contributed by atoms with E-state index in [4.69, 9.17) is 0 Å². The Morgan fingerprint density at radius 3 is 2.70 bits per heavy atom. The molecule has 0 unspecified atom stereocenters. The van der Waals surface area contributed by atoms with Crippen LogP contribution in [-0.2, 0) is 4.79 Å². The number of ether oxygens (including phenoxy) is 1. The quantitative estimate of drug-likeness (QED) is 0.625. The average Bonchev–Trinajstić information content (AvgIpc) is 2.68. The molecule has 0 spiro atoms. The van der Waals surface area contributed by atoms with Gasteiger partial charge >= 0.3 is 12.6 Å². The lowest BCUT2D eigenvalue weighted by Crippen LogP contribution is -2.51. The first-order valence-corrected chi connectivity index (χ1v) is 9.64. The zero-order valence-corrected chi connectivity index (χ0v) is 16.7. The third-order valence-corrected chi connectivity index (χ3v) is 5.16. The Balaban J connectivity index is 1.72. The lowest BCUT2D eigenvalue weighted by atomic mass is 9.98. The molecule has 10 heteroatoms. The number of alkyl halides is 2. The molecular weight excluding hydrogens is 398 g/mol. The Bertz CT molecular complexity index is 912. The number of aliphatic carboxylic acids is 1. The summed E-state index contributed by atoms with van der Waals surface area (Å²) in [6.45, 7) is 1.99. The number of phenolic OH excluding ortho intramolecular Hbond substituents is 1. The minimum Gasteiger partial charge on any atom is -0.507 e. The number of aromatic nitrogens is 2. The van der Waals surface area contributed by atoms with Crippen LogP contribution in [0, 0.1) is 6.92 Å². The minimum atomic E-state index is -2.98. The van der Waals surface area contributed by atoms with Gasteiger partial charge in [-0.3, -0.25) is 9.69 Å². The summed E-state index contributed by atoms with van der Waals surface area (Å²) in [5.41, 5.74) is 1.51. The number of carboxylic acids is 1. The Morgan fingerprint density at radius 2 is 2.10 bits per heavy atom. The van der Waals surface area contributed by atoms with Crippen molar-refractivity contribution in [3.05, 3.63) is 29.8 Å². The number of nitrogens with one attached hydrogen (secondary N) is 1. The fourth-order valence-electron chi connectivity index (χ4n) is 3.71. The van der Waals surface area contributed by atoms with Crippen molar-refractivity contribution in [2.45, 2.75) is 45.4 Å². The van der Waals surface area contributed by atoms with Crippen LogP contribution in [0.25, 0.3) is 11.3 Å². The number of anilines is 1. The topological polar surface area (TPSA) is 108 Å². The number of halogens is 2. The molecule has 0 amide bonds. The summed E-state index contributed by atoms with van der Waals surface area (Å²) in [4.78, 5) is 13.3. The second kappa shape index (κ2) is 9.21. The summed E-state index contributed by atoms with van der Waals surface area (Å²) in [6.07, 6.45) is 1.24. The molecule has 0 bridgehead atoms. The number of likely N-dealkylation sites (tertiary alicyclic amines) is 1. The molecule has 2 atom stereocenters. The fourth-order valence-corrected chi connectivity index (χ4v) is 3.71. The van der Waals surface area contributed by atoms with E-state index in [-0.39, 0.29) is 17.5 Å². The lowest BCUT2D eigenvalue weighted by Gasteiger charge is -2.37. The highest BCUT2D eigenvalue weighted by molar-refractivity contribution is 5.73. The molecule has 3 N–H and O–H groups in total. The van der Waals surface area contributed by atoms with Crippen molar-refractivity contribution in [3.8, 4) is 22.8 Å². The van der Waals surface area contributed by atoms with Crippen molar-refractivity contribution in [3.63, 3.8) is 0 Å². The highest BCUT2D eigenvalue weighted by Crippen LogP contribution is 2.34. The molecule has 1 aromatic heterocycles. The molecular formula is C20H24F2N4O4. The molecule has 0 aliphatic carbocycles. The van der Waals surface area contributed by atoms with Gasteiger partial charge in [-0.15, -0.1) is 10.2 Å². The predicted molar refractivity (Wildman–Crippen MR) is 106 cm³/mol. The molecule has 1 saturated heterocycles. The third kappa shape index (κ3) is 4.93. The van der Waals surface area contributed by atoms with Gasteiger partial charge in [0, 0.05) is 24.2 Å². The van der Waals surface area contributed by atoms with E-state index in [9.17, 15) is 23.8 Å². The Morgan fingerprint density at radius 1 is 1.33 bits per heavy atom. The van der Waals surface area contributed by atoms with Crippen molar-refractivity contribution in [1.29, 1.82) is 0 Å². The molecule has 2 aromatic rings. The van der Waals surface area contributed by atoms with Crippen LogP contribution in [-0.4, -0.2) is 63.1 Å². The standard InChI is InChI=1S/C20H24F2N4O4/c1-3-26-10-12(4-7-15(26)19(28)29)23-17-8-11(2)18(25-24-17)14-6-5-13(9-16(14)27)30-20(21)22/h5-6,8-9,12,15,20,27H,3-4,7,10H2,1-2H3,(H,23,24)(H,28,29)/t12-,15-/m1/s1. The van der Waals surface area contributed by atoms with E-state index >= 15 is 0 Å². The van der Waals surface area contributed by atoms with E-state index in [1.807, 2.05) is 11.8 Å². The first-order chi connectivity index (χ1) is 14.3. The molecule has 162 valence electrons. The van der Waals surface area contributed by atoms with E-state index < -0.39 is 18.6 Å². The zero-order chi connectivity index (χ0) is 21.8. The normalized spacial score (nSPS) is 19.6. The monoisotopic (exact) mass is 422 g/mol. The third-order valence-electron chi connectivity index (χ3n) is 5.16. The smallest absolute Gasteiger partial charge is 0.387 e. The number of likely N-dealkylation sites (N-methyl/N-ethyl adjacent to an activating group) is 1. The maximum atomic E-state index is 12.3.